The minimum Gasteiger partial charge on any atom is -0.494 e. The van der Waals surface area contributed by atoms with Crippen LogP contribution in [0.15, 0.2) is 30.3 Å². The average Bonchev–Trinajstić information content (AvgIpc) is 2.43. The highest BCUT2D eigenvalue weighted by molar-refractivity contribution is 6.41. The number of ether oxygens (including phenoxy) is 1. The first kappa shape index (κ1) is 16.2. The Morgan fingerprint density at radius 3 is 2.29 bits per heavy atom. The van der Waals surface area contributed by atoms with Gasteiger partial charge in [-0.3, -0.25) is 0 Å². The van der Waals surface area contributed by atoms with Crippen molar-refractivity contribution in [3.8, 4) is 5.75 Å². The van der Waals surface area contributed by atoms with Crippen molar-refractivity contribution in [1.82, 2.24) is 0 Å². The highest BCUT2D eigenvalue weighted by Gasteiger charge is 2.14. The SMILES string of the molecule is COc1cc(C(C)Nc2c(Cl)cc(Cl)cc2Cl)ccc1F. The summed E-state index contributed by atoms with van der Waals surface area (Å²) >= 11 is 18.1. The maximum absolute atomic E-state index is 13.4. The lowest BCUT2D eigenvalue weighted by atomic mass is 10.1. The van der Waals surface area contributed by atoms with Crippen LogP contribution < -0.4 is 10.1 Å². The summed E-state index contributed by atoms with van der Waals surface area (Å²) in [5.74, 6) is -0.217. The van der Waals surface area contributed by atoms with Crippen LogP contribution in [0.1, 0.15) is 18.5 Å². The number of anilines is 1. The zero-order valence-corrected chi connectivity index (χ0v) is 13.7. The molecule has 1 N–H and O–H groups in total. The van der Waals surface area contributed by atoms with Crippen molar-refractivity contribution < 1.29 is 9.13 Å². The number of hydrogen-bond acceptors (Lipinski definition) is 2. The topological polar surface area (TPSA) is 21.3 Å². The number of hydrogen-bond donors (Lipinski definition) is 1. The van der Waals surface area contributed by atoms with E-state index >= 15 is 0 Å². The predicted octanol–water partition coefficient (Wildman–Crippen LogP) is 5.97. The molecule has 0 aliphatic carbocycles. The van der Waals surface area contributed by atoms with E-state index in [2.05, 4.69) is 5.32 Å². The molecule has 21 heavy (non-hydrogen) atoms. The summed E-state index contributed by atoms with van der Waals surface area (Å²) in [4.78, 5) is 0. The second-order valence-electron chi connectivity index (χ2n) is 4.50. The van der Waals surface area contributed by atoms with Crippen LogP contribution in [0, 0.1) is 5.82 Å². The molecule has 2 nitrogen and oxygen atoms in total. The van der Waals surface area contributed by atoms with Crippen molar-refractivity contribution in [3.05, 3.63) is 56.8 Å². The Morgan fingerprint density at radius 1 is 1.10 bits per heavy atom. The molecule has 1 unspecified atom stereocenters. The van der Waals surface area contributed by atoms with Crippen LogP contribution in [0.4, 0.5) is 10.1 Å². The lowest BCUT2D eigenvalue weighted by Crippen LogP contribution is -2.08. The van der Waals surface area contributed by atoms with Gasteiger partial charge in [0.1, 0.15) is 0 Å². The third-order valence-electron chi connectivity index (χ3n) is 3.04. The van der Waals surface area contributed by atoms with E-state index in [1.807, 2.05) is 6.92 Å². The standard InChI is InChI=1S/C15H13Cl3FNO/c1-8(9-3-4-13(19)14(5-9)21-2)20-15-11(17)6-10(16)7-12(15)18/h3-8,20H,1-2H3. The lowest BCUT2D eigenvalue weighted by molar-refractivity contribution is 0.385. The van der Waals surface area contributed by atoms with Gasteiger partial charge in [0.2, 0.25) is 0 Å². The van der Waals surface area contributed by atoms with Crippen LogP contribution in [0.5, 0.6) is 5.75 Å². The third-order valence-corrected chi connectivity index (χ3v) is 3.86. The number of methoxy groups -OCH3 is 1. The van der Waals surface area contributed by atoms with Gasteiger partial charge in [0.15, 0.2) is 11.6 Å². The van der Waals surface area contributed by atoms with E-state index in [-0.39, 0.29) is 11.8 Å². The minimum atomic E-state index is -0.406. The fourth-order valence-corrected chi connectivity index (χ4v) is 2.85. The molecule has 0 saturated carbocycles. The third kappa shape index (κ3) is 3.73. The Bertz CT molecular complexity index is 640. The van der Waals surface area contributed by atoms with Crippen LogP contribution in [-0.4, -0.2) is 7.11 Å². The molecule has 0 bridgehead atoms. The monoisotopic (exact) mass is 347 g/mol. The van der Waals surface area contributed by atoms with Gasteiger partial charge in [-0.2, -0.15) is 0 Å². The smallest absolute Gasteiger partial charge is 0.165 e. The maximum atomic E-state index is 13.4. The zero-order chi connectivity index (χ0) is 15.6. The molecule has 6 heteroatoms. The second-order valence-corrected chi connectivity index (χ2v) is 5.76. The van der Waals surface area contributed by atoms with Crippen LogP contribution in [-0.2, 0) is 0 Å². The van der Waals surface area contributed by atoms with Crippen LogP contribution in [0.2, 0.25) is 15.1 Å². The summed E-state index contributed by atoms with van der Waals surface area (Å²) in [7, 11) is 1.42. The molecule has 0 heterocycles. The van der Waals surface area contributed by atoms with Crippen molar-refractivity contribution >= 4 is 40.5 Å². The number of rotatable bonds is 4. The van der Waals surface area contributed by atoms with E-state index in [9.17, 15) is 4.39 Å². The molecule has 0 radical (unpaired) electrons. The molecule has 0 spiro atoms. The average molecular weight is 349 g/mol. The van der Waals surface area contributed by atoms with E-state index in [0.717, 1.165) is 5.56 Å². The summed E-state index contributed by atoms with van der Waals surface area (Å²) in [5, 5.41) is 4.51. The van der Waals surface area contributed by atoms with E-state index in [1.165, 1.54) is 13.2 Å². The summed E-state index contributed by atoms with van der Waals surface area (Å²) in [6.45, 7) is 1.91. The zero-order valence-electron chi connectivity index (χ0n) is 11.4. The fourth-order valence-electron chi connectivity index (χ4n) is 1.93. The summed E-state index contributed by atoms with van der Waals surface area (Å²) in [6.07, 6.45) is 0. The highest BCUT2D eigenvalue weighted by Crippen LogP contribution is 2.36. The normalized spacial score (nSPS) is 12.1. The molecule has 2 aromatic carbocycles. The van der Waals surface area contributed by atoms with Gasteiger partial charge in [0.25, 0.3) is 0 Å². The Kier molecular flexibility index (Phi) is 5.20. The van der Waals surface area contributed by atoms with Crippen molar-refractivity contribution in [2.75, 3.05) is 12.4 Å². The van der Waals surface area contributed by atoms with Crippen LogP contribution in [0.3, 0.4) is 0 Å². The fraction of sp³-hybridized carbons (Fsp3) is 0.200. The summed E-state index contributed by atoms with van der Waals surface area (Å²) < 4.78 is 18.4. The second kappa shape index (κ2) is 6.73. The molecule has 0 saturated heterocycles. The molecule has 2 rings (SSSR count). The number of halogens is 4. The van der Waals surface area contributed by atoms with Gasteiger partial charge in [0, 0.05) is 11.1 Å². The number of nitrogens with one attached hydrogen (secondary N) is 1. The molecule has 0 aliphatic rings. The predicted molar refractivity (Wildman–Crippen MR) is 86.5 cm³/mol. The molecule has 0 fully saturated rings. The maximum Gasteiger partial charge on any atom is 0.165 e. The van der Waals surface area contributed by atoms with Crippen molar-refractivity contribution in [2.45, 2.75) is 13.0 Å². The van der Waals surface area contributed by atoms with E-state index in [4.69, 9.17) is 39.5 Å². The van der Waals surface area contributed by atoms with E-state index in [0.29, 0.717) is 20.8 Å². The first-order chi connectivity index (χ1) is 9.92. The molecular formula is C15H13Cl3FNO. The first-order valence-corrected chi connectivity index (χ1v) is 7.30. The Hall–Kier alpha value is -1.16. The van der Waals surface area contributed by atoms with Gasteiger partial charge < -0.3 is 10.1 Å². The van der Waals surface area contributed by atoms with Gasteiger partial charge >= 0.3 is 0 Å². The van der Waals surface area contributed by atoms with Gasteiger partial charge in [-0.05, 0) is 36.8 Å². The highest BCUT2D eigenvalue weighted by atomic mass is 35.5. The molecule has 112 valence electrons. The summed E-state index contributed by atoms with van der Waals surface area (Å²) in [5.41, 5.74) is 1.42. The quantitative estimate of drug-likeness (QED) is 0.735. The first-order valence-electron chi connectivity index (χ1n) is 6.17. The van der Waals surface area contributed by atoms with Gasteiger partial charge in [-0.1, -0.05) is 40.9 Å². The Morgan fingerprint density at radius 2 is 1.71 bits per heavy atom. The lowest BCUT2D eigenvalue weighted by Gasteiger charge is -2.19. The number of benzene rings is 2. The Balaban J connectivity index is 2.28. The molecule has 2 aromatic rings. The molecule has 1 atom stereocenters. The Labute approximate surface area is 137 Å². The van der Waals surface area contributed by atoms with E-state index in [1.54, 1.807) is 24.3 Å². The largest absolute Gasteiger partial charge is 0.494 e. The van der Waals surface area contributed by atoms with Gasteiger partial charge in [0.05, 0.1) is 22.8 Å². The minimum absolute atomic E-state index is 0.143. The molecule has 0 amide bonds. The van der Waals surface area contributed by atoms with E-state index < -0.39 is 5.82 Å². The molecular weight excluding hydrogens is 336 g/mol. The molecule has 0 aliphatic heterocycles. The van der Waals surface area contributed by atoms with Gasteiger partial charge in [-0.25, -0.2) is 4.39 Å². The molecule has 0 aromatic heterocycles. The van der Waals surface area contributed by atoms with Crippen LogP contribution in [0.25, 0.3) is 0 Å². The van der Waals surface area contributed by atoms with Crippen molar-refractivity contribution in [1.29, 1.82) is 0 Å². The van der Waals surface area contributed by atoms with Gasteiger partial charge in [-0.15, -0.1) is 0 Å². The van der Waals surface area contributed by atoms with Crippen molar-refractivity contribution in [2.24, 2.45) is 0 Å². The summed E-state index contributed by atoms with van der Waals surface area (Å²) in [6, 6.07) is 7.73. The van der Waals surface area contributed by atoms with Crippen molar-refractivity contribution in [3.63, 3.8) is 0 Å². The van der Waals surface area contributed by atoms with Crippen LogP contribution >= 0.6 is 34.8 Å².